The lowest BCUT2D eigenvalue weighted by atomic mass is 10.2. The molecule has 86 valence electrons. The fraction of sp³-hybridized carbons (Fsp3) is 0.0833. The molecule has 4 nitrogen and oxygen atoms in total. The van der Waals surface area contributed by atoms with Crippen LogP contribution >= 0.6 is 11.8 Å². The summed E-state index contributed by atoms with van der Waals surface area (Å²) in [4.78, 5) is 19.2. The maximum atomic E-state index is 10.9. The number of para-hydroxylation sites is 1. The maximum Gasteiger partial charge on any atom is 0.330 e. The van der Waals surface area contributed by atoms with E-state index < -0.39 is 0 Å². The van der Waals surface area contributed by atoms with Crippen molar-refractivity contribution in [2.75, 3.05) is 7.11 Å². The van der Waals surface area contributed by atoms with Gasteiger partial charge in [0, 0.05) is 11.5 Å². The predicted octanol–water partition coefficient (Wildman–Crippen LogP) is 2.41. The SMILES string of the molecule is COC(=O)C=CSc1ncnc2ccccc12. The van der Waals surface area contributed by atoms with Crippen LogP contribution in [0.4, 0.5) is 0 Å². The Morgan fingerprint density at radius 3 is 3.00 bits per heavy atom. The smallest absolute Gasteiger partial charge is 0.330 e. The van der Waals surface area contributed by atoms with Crippen LogP contribution in [-0.4, -0.2) is 23.0 Å². The van der Waals surface area contributed by atoms with Gasteiger partial charge in [-0.1, -0.05) is 30.0 Å². The van der Waals surface area contributed by atoms with Gasteiger partial charge in [0.1, 0.15) is 11.4 Å². The summed E-state index contributed by atoms with van der Waals surface area (Å²) < 4.78 is 4.50. The first-order chi connectivity index (χ1) is 8.31. The number of aromatic nitrogens is 2. The fourth-order valence-corrected chi connectivity index (χ4v) is 2.01. The van der Waals surface area contributed by atoms with Gasteiger partial charge >= 0.3 is 5.97 Å². The monoisotopic (exact) mass is 246 g/mol. The van der Waals surface area contributed by atoms with Gasteiger partial charge in [-0.3, -0.25) is 0 Å². The highest BCUT2D eigenvalue weighted by molar-refractivity contribution is 8.02. The van der Waals surface area contributed by atoms with Gasteiger partial charge in [-0.05, 0) is 11.5 Å². The van der Waals surface area contributed by atoms with Crippen LogP contribution in [0.15, 0.2) is 47.1 Å². The molecule has 0 atom stereocenters. The summed E-state index contributed by atoms with van der Waals surface area (Å²) in [7, 11) is 1.34. The van der Waals surface area contributed by atoms with Gasteiger partial charge in [-0.25, -0.2) is 14.8 Å². The van der Waals surface area contributed by atoms with Gasteiger partial charge in [0.25, 0.3) is 0 Å². The Bertz CT molecular complexity index is 564. The molecular formula is C12H10N2O2S. The Hall–Kier alpha value is -1.88. The number of fused-ring (bicyclic) bond motifs is 1. The molecule has 2 rings (SSSR count). The molecule has 0 bridgehead atoms. The second-order valence-electron chi connectivity index (χ2n) is 3.14. The Morgan fingerprint density at radius 1 is 1.35 bits per heavy atom. The lowest BCUT2D eigenvalue weighted by molar-refractivity contribution is -0.134. The standard InChI is InChI=1S/C12H10N2O2S/c1-16-11(15)6-7-17-12-9-4-2-3-5-10(9)13-8-14-12/h2-8H,1H3. The minimum Gasteiger partial charge on any atom is -0.466 e. The number of carbonyl (C=O) groups is 1. The Morgan fingerprint density at radius 2 is 2.18 bits per heavy atom. The Labute approximate surface area is 103 Å². The molecule has 0 saturated heterocycles. The molecule has 0 saturated carbocycles. The van der Waals surface area contributed by atoms with E-state index in [4.69, 9.17) is 0 Å². The number of nitrogens with zero attached hydrogens (tertiary/aromatic N) is 2. The number of methoxy groups -OCH3 is 1. The number of thioether (sulfide) groups is 1. The molecule has 0 aliphatic heterocycles. The van der Waals surface area contributed by atoms with E-state index in [1.165, 1.54) is 31.3 Å². The molecule has 17 heavy (non-hydrogen) atoms. The fourth-order valence-electron chi connectivity index (χ4n) is 1.30. The summed E-state index contributed by atoms with van der Waals surface area (Å²) in [6, 6.07) is 7.72. The molecule has 0 unspecified atom stereocenters. The molecule has 1 heterocycles. The van der Waals surface area contributed by atoms with Gasteiger partial charge in [-0.15, -0.1) is 0 Å². The van der Waals surface area contributed by atoms with Crippen LogP contribution in [-0.2, 0) is 9.53 Å². The number of benzene rings is 1. The van der Waals surface area contributed by atoms with Crippen molar-refractivity contribution in [1.82, 2.24) is 9.97 Å². The summed E-state index contributed by atoms with van der Waals surface area (Å²) >= 11 is 1.36. The zero-order valence-corrected chi connectivity index (χ0v) is 9.98. The molecule has 0 radical (unpaired) electrons. The van der Waals surface area contributed by atoms with Gasteiger partial charge in [0.05, 0.1) is 12.6 Å². The van der Waals surface area contributed by atoms with Crippen molar-refractivity contribution in [3.63, 3.8) is 0 Å². The lowest BCUT2D eigenvalue weighted by Gasteiger charge is -2.00. The van der Waals surface area contributed by atoms with Gasteiger partial charge in [0.15, 0.2) is 0 Å². The van der Waals surface area contributed by atoms with Crippen molar-refractivity contribution in [1.29, 1.82) is 0 Å². The molecule has 1 aromatic carbocycles. The summed E-state index contributed by atoms with van der Waals surface area (Å²) in [6.07, 6.45) is 2.87. The first kappa shape index (κ1) is 11.6. The Kier molecular flexibility index (Phi) is 3.72. The summed E-state index contributed by atoms with van der Waals surface area (Å²) in [5.74, 6) is -0.379. The lowest BCUT2D eigenvalue weighted by Crippen LogP contribution is -1.92. The molecule has 1 aromatic heterocycles. The van der Waals surface area contributed by atoms with E-state index in [1.54, 1.807) is 5.41 Å². The van der Waals surface area contributed by atoms with E-state index in [1.807, 2.05) is 24.3 Å². The van der Waals surface area contributed by atoms with E-state index >= 15 is 0 Å². The highest BCUT2D eigenvalue weighted by Crippen LogP contribution is 2.24. The van der Waals surface area contributed by atoms with Gasteiger partial charge in [-0.2, -0.15) is 0 Å². The van der Waals surface area contributed by atoms with Crippen molar-refractivity contribution in [2.24, 2.45) is 0 Å². The van der Waals surface area contributed by atoms with E-state index in [2.05, 4.69) is 14.7 Å². The normalized spacial score (nSPS) is 10.9. The second kappa shape index (κ2) is 5.45. The molecule has 0 spiro atoms. The first-order valence-corrected chi connectivity index (χ1v) is 5.80. The first-order valence-electron chi connectivity index (χ1n) is 4.92. The van der Waals surface area contributed by atoms with Crippen molar-refractivity contribution in [2.45, 2.75) is 5.03 Å². The van der Waals surface area contributed by atoms with E-state index in [0.29, 0.717) is 0 Å². The molecule has 0 aliphatic rings. The molecule has 0 fully saturated rings. The Balaban J connectivity index is 2.24. The third-order valence-corrected chi connectivity index (χ3v) is 2.91. The van der Waals surface area contributed by atoms with Crippen molar-refractivity contribution < 1.29 is 9.53 Å². The number of hydrogen-bond acceptors (Lipinski definition) is 5. The van der Waals surface area contributed by atoms with Crippen LogP contribution in [0, 0.1) is 0 Å². The third-order valence-electron chi connectivity index (χ3n) is 2.09. The van der Waals surface area contributed by atoms with Gasteiger partial charge in [0.2, 0.25) is 0 Å². The number of carbonyl (C=O) groups excluding carboxylic acids is 1. The minimum atomic E-state index is -0.379. The van der Waals surface area contributed by atoms with Crippen molar-refractivity contribution in [3.05, 3.63) is 42.1 Å². The van der Waals surface area contributed by atoms with E-state index in [0.717, 1.165) is 15.9 Å². The number of hydrogen-bond donors (Lipinski definition) is 0. The summed E-state index contributed by atoms with van der Waals surface area (Å²) in [5, 5.41) is 3.44. The van der Waals surface area contributed by atoms with Crippen LogP contribution in [0.2, 0.25) is 0 Å². The van der Waals surface area contributed by atoms with E-state index in [-0.39, 0.29) is 5.97 Å². The molecule has 0 aliphatic carbocycles. The van der Waals surface area contributed by atoms with E-state index in [9.17, 15) is 4.79 Å². The third kappa shape index (κ3) is 2.82. The predicted molar refractivity (Wildman–Crippen MR) is 66.6 cm³/mol. The van der Waals surface area contributed by atoms with Crippen molar-refractivity contribution >= 4 is 28.6 Å². The number of rotatable bonds is 3. The topological polar surface area (TPSA) is 52.1 Å². The van der Waals surface area contributed by atoms with Gasteiger partial charge < -0.3 is 4.74 Å². The largest absolute Gasteiger partial charge is 0.466 e. The molecular weight excluding hydrogens is 236 g/mol. The quantitative estimate of drug-likeness (QED) is 0.360. The zero-order valence-electron chi connectivity index (χ0n) is 9.16. The second-order valence-corrected chi connectivity index (χ2v) is 4.03. The van der Waals surface area contributed by atoms with Crippen LogP contribution in [0.25, 0.3) is 10.9 Å². The summed E-state index contributed by atoms with van der Waals surface area (Å²) in [6.45, 7) is 0. The van der Waals surface area contributed by atoms with Crippen LogP contribution in [0.1, 0.15) is 0 Å². The van der Waals surface area contributed by atoms with Crippen LogP contribution in [0.3, 0.4) is 0 Å². The number of esters is 1. The zero-order chi connectivity index (χ0) is 12.1. The highest BCUT2D eigenvalue weighted by Gasteiger charge is 2.01. The molecule has 5 heteroatoms. The number of ether oxygens (including phenoxy) is 1. The van der Waals surface area contributed by atoms with Crippen LogP contribution in [0.5, 0.6) is 0 Å². The average molecular weight is 246 g/mol. The highest BCUT2D eigenvalue weighted by atomic mass is 32.2. The average Bonchev–Trinajstić information content (AvgIpc) is 2.39. The minimum absolute atomic E-state index is 0.379. The summed E-state index contributed by atoms with van der Waals surface area (Å²) in [5.41, 5.74) is 0.886. The molecule has 0 N–H and O–H groups in total. The maximum absolute atomic E-state index is 10.9. The van der Waals surface area contributed by atoms with Crippen LogP contribution < -0.4 is 0 Å². The molecule has 2 aromatic rings. The molecule has 0 amide bonds. The van der Waals surface area contributed by atoms with Crippen molar-refractivity contribution in [3.8, 4) is 0 Å².